The third-order valence-corrected chi connectivity index (χ3v) is 4.97. The molecule has 2 amide bonds. The number of nitrogens with two attached hydrogens (primary N) is 2. The average molecular weight is 462 g/mol. The van der Waals surface area contributed by atoms with Crippen molar-refractivity contribution in [3.8, 4) is 0 Å². The normalized spacial score (nSPS) is 15.7. The molecule has 0 spiro atoms. The molecule has 3 heterocycles. The van der Waals surface area contributed by atoms with E-state index >= 15 is 0 Å². The number of hydrogen-bond acceptors (Lipinski definition) is 8. The molecule has 3 rings (SSSR count). The highest BCUT2D eigenvalue weighted by molar-refractivity contribution is 6.05. The monoisotopic (exact) mass is 462 g/mol. The fraction of sp³-hybridized carbons (Fsp3) is 0.333. The molecule has 0 saturated heterocycles. The smallest absolute Gasteiger partial charge is 0.294 e. The number of aromatic nitrogens is 2. The average Bonchev–Trinajstić information content (AvgIpc) is 3.40. The van der Waals surface area contributed by atoms with E-state index in [-0.39, 0.29) is 35.6 Å². The summed E-state index contributed by atoms with van der Waals surface area (Å²) in [4.78, 5) is 34.6. The number of pyridine rings is 1. The second-order valence-corrected chi connectivity index (χ2v) is 7.66. The zero-order valence-electron chi connectivity index (χ0n) is 18.3. The van der Waals surface area contributed by atoms with E-state index in [1.807, 2.05) is 0 Å². The number of carbonyl (C=O) groups is 2. The Labute approximate surface area is 188 Å². The van der Waals surface area contributed by atoms with Crippen LogP contribution < -0.4 is 16.8 Å². The number of fused-ring (bicyclic) bond motifs is 1. The summed E-state index contributed by atoms with van der Waals surface area (Å²) in [7, 11) is 0. The predicted octanol–water partition coefficient (Wildman–Crippen LogP) is 2.37. The van der Waals surface area contributed by atoms with Crippen molar-refractivity contribution >= 4 is 17.6 Å². The van der Waals surface area contributed by atoms with E-state index in [0.29, 0.717) is 16.7 Å². The number of rotatable bonds is 8. The van der Waals surface area contributed by atoms with Gasteiger partial charge in [-0.25, -0.2) is 18.7 Å². The fourth-order valence-corrected chi connectivity index (χ4v) is 3.11. The molecule has 1 aliphatic rings. The molecule has 1 atom stereocenters. The SMILES string of the molecule is CC(/C=C(\N)C(C)N1Cc2c(ccnc2NC(=O)c2cnco2)C1=O)=C(/N)OCC(C)(F)F. The first-order valence-corrected chi connectivity index (χ1v) is 9.90. The van der Waals surface area contributed by atoms with Crippen LogP contribution in [0.15, 0.2) is 52.5 Å². The Morgan fingerprint density at radius 1 is 1.45 bits per heavy atom. The molecule has 12 heteroatoms. The molecule has 0 aliphatic carbocycles. The number of anilines is 1. The predicted molar refractivity (Wildman–Crippen MR) is 114 cm³/mol. The number of allylic oxidation sites excluding steroid dienone is 2. The van der Waals surface area contributed by atoms with E-state index in [1.54, 1.807) is 19.9 Å². The molecule has 2 aromatic rings. The van der Waals surface area contributed by atoms with Crippen molar-refractivity contribution < 1.29 is 27.5 Å². The van der Waals surface area contributed by atoms with Gasteiger partial charge in [-0.3, -0.25) is 9.59 Å². The Bertz CT molecular complexity index is 1110. The summed E-state index contributed by atoms with van der Waals surface area (Å²) in [6.07, 6.45) is 5.27. The number of oxazole rings is 1. The summed E-state index contributed by atoms with van der Waals surface area (Å²) in [5, 5.41) is 2.62. The van der Waals surface area contributed by atoms with E-state index in [4.69, 9.17) is 20.6 Å². The van der Waals surface area contributed by atoms with Gasteiger partial charge in [-0.05, 0) is 26.0 Å². The Hall–Kier alpha value is -3.96. The topological polar surface area (TPSA) is 150 Å². The van der Waals surface area contributed by atoms with Gasteiger partial charge < -0.3 is 30.8 Å². The third-order valence-electron chi connectivity index (χ3n) is 4.97. The standard InChI is InChI=1S/C21H24F2N6O4/c1-11(17(25)32-9-21(3,22)23)6-15(24)12(2)29-8-14-13(20(29)31)4-5-27-18(14)28-19(30)16-7-26-10-33-16/h4-7,10,12H,8-9,24-25H2,1-3H3,(H,27,28,30)/b15-6-,17-11+. The number of nitrogens with zero attached hydrogens (tertiary/aromatic N) is 3. The van der Waals surface area contributed by atoms with E-state index in [1.165, 1.54) is 23.4 Å². The lowest BCUT2D eigenvalue weighted by molar-refractivity contribution is -0.0446. The zero-order chi connectivity index (χ0) is 24.3. The van der Waals surface area contributed by atoms with Crippen LogP contribution in [-0.4, -0.2) is 45.3 Å². The minimum Gasteiger partial charge on any atom is -0.473 e. The van der Waals surface area contributed by atoms with Gasteiger partial charge in [0.2, 0.25) is 5.76 Å². The van der Waals surface area contributed by atoms with E-state index in [0.717, 1.165) is 13.3 Å². The van der Waals surface area contributed by atoms with Gasteiger partial charge in [0.15, 0.2) is 18.9 Å². The first-order chi connectivity index (χ1) is 15.5. The lowest BCUT2D eigenvalue weighted by Crippen LogP contribution is -2.37. The van der Waals surface area contributed by atoms with Gasteiger partial charge in [-0.1, -0.05) is 0 Å². The van der Waals surface area contributed by atoms with Crippen LogP contribution in [0.25, 0.3) is 0 Å². The fourth-order valence-electron chi connectivity index (χ4n) is 3.11. The van der Waals surface area contributed by atoms with Crippen molar-refractivity contribution in [2.45, 2.75) is 39.3 Å². The quantitative estimate of drug-likeness (QED) is 0.400. The number of nitrogens with one attached hydrogen (secondary N) is 1. The summed E-state index contributed by atoms with van der Waals surface area (Å²) in [5.74, 6) is -3.86. The van der Waals surface area contributed by atoms with Gasteiger partial charge in [-0.15, -0.1) is 0 Å². The van der Waals surface area contributed by atoms with E-state index in [2.05, 4.69) is 15.3 Å². The second-order valence-electron chi connectivity index (χ2n) is 7.66. The molecule has 0 aromatic carbocycles. The van der Waals surface area contributed by atoms with Crippen LogP contribution in [0, 0.1) is 0 Å². The summed E-state index contributed by atoms with van der Waals surface area (Å²) < 4.78 is 35.8. The molecule has 176 valence electrons. The minimum atomic E-state index is -3.03. The highest BCUT2D eigenvalue weighted by Crippen LogP contribution is 2.30. The Balaban J connectivity index is 1.76. The Morgan fingerprint density at radius 3 is 2.82 bits per heavy atom. The molecule has 0 fully saturated rings. The van der Waals surface area contributed by atoms with Crippen LogP contribution in [0.5, 0.6) is 0 Å². The van der Waals surface area contributed by atoms with Gasteiger partial charge in [0.1, 0.15) is 5.82 Å². The molecule has 0 radical (unpaired) electrons. The van der Waals surface area contributed by atoms with Gasteiger partial charge >= 0.3 is 0 Å². The molecular weight excluding hydrogens is 438 g/mol. The molecule has 0 saturated carbocycles. The van der Waals surface area contributed by atoms with Crippen molar-refractivity contribution in [3.05, 3.63) is 65.0 Å². The molecule has 0 bridgehead atoms. The maximum Gasteiger partial charge on any atom is 0.294 e. The summed E-state index contributed by atoms with van der Waals surface area (Å²) in [5.41, 5.74) is 13.4. The van der Waals surface area contributed by atoms with Gasteiger partial charge in [0.25, 0.3) is 17.7 Å². The Kier molecular flexibility index (Phi) is 6.65. The summed E-state index contributed by atoms with van der Waals surface area (Å²) in [6, 6.07) is 0.981. The number of carbonyl (C=O) groups excluding carboxylic acids is 2. The third kappa shape index (κ3) is 5.45. The lowest BCUT2D eigenvalue weighted by Gasteiger charge is -2.25. The molecule has 33 heavy (non-hydrogen) atoms. The van der Waals surface area contributed by atoms with Crippen molar-refractivity contribution in [2.75, 3.05) is 11.9 Å². The molecule has 2 aromatic heterocycles. The maximum atomic E-state index is 13.0. The van der Waals surface area contributed by atoms with Crippen molar-refractivity contribution in [2.24, 2.45) is 11.5 Å². The van der Waals surface area contributed by atoms with Crippen LogP contribution in [-0.2, 0) is 11.3 Å². The van der Waals surface area contributed by atoms with E-state index in [9.17, 15) is 18.4 Å². The van der Waals surface area contributed by atoms with Gasteiger partial charge in [-0.2, -0.15) is 0 Å². The molecule has 1 aliphatic heterocycles. The van der Waals surface area contributed by atoms with Crippen molar-refractivity contribution in [1.82, 2.24) is 14.9 Å². The molecule has 1 unspecified atom stereocenters. The van der Waals surface area contributed by atoms with Crippen molar-refractivity contribution in [1.29, 1.82) is 0 Å². The van der Waals surface area contributed by atoms with Crippen LogP contribution in [0.4, 0.5) is 14.6 Å². The number of alkyl halides is 2. The first-order valence-electron chi connectivity index (χ1n) is 9.90. The number of hydrogen-bond donors (Lipinski definition) is 3. The largest absolute Gasteiger partial charge is 0.473 e. The van der Waals surface area contributed by atoms with Crippen LogP contribution in [0.3, 0.4) is 0 Å². The summed E-state index contributed by atoms with van der Waals surface area (Å²) in [6.45, 7) is 3.26. The highest BCUT2D eigenvalue weighted by Gasteiger charge is 2.34. The number of amides is 2. The molecule has 10 nitrogen and oxygen atoms in total. The van der Waals surface area contributed by atoms with Crippen LogP contribution in [0.2, 0.25) is 0 Å². The number of ether oxygens (including phenoxy) is 1. The highest BCUT2D eigenvalue weighted by atomic mass is 19.3. The minimum absolute atomic E-state index is 0.000894. The first kappa shape index (κ1) is 23.7. The Morgan fingerprint density at radius 2 is 2.18 bits per heavy atom. The summed E-state index contributed by atoms with van der Waals surface area (Å²) >= 11 is 0. The van der Waals surface area contributed by atoms with Crippen LogP contribution >= 0.6 is 0 Å². The maximum absolute atomic E-state index is 13.0. The lowest BCUT2D eigenvalue weighted by atomic mass is 10.1. The van der Waals surface area contributed by atoms with Crippen molar-refractivity contribution in [3.63, 3.8) is 0 Å². The zero-order valence-corrected chi connectivity index (χ0v) is 18.3. The van der Waals surface area contributed by atoms with E-state index < -0.39 is 24.5 Å². The molecular formula is C21H24F2N6O4. The second kappa shape index (κ2) is 9.27. The van der Waals surface area contributed by atoms with Gasteiger partial charge in [0.05, 0.1) is 18.8 Å². The van der Waals surface area contributed by atoms with Gasteiger partial charge in [0, 0.05) is 35.5 Å². The molecule has 5 N–H and O–H groups in total. The van der Waals surface area contributed by atoms with Crippen LogP contribution in [0.1, 0.15) is 47.2 Å². The number of halogens is 2.